The van der Waals surface area contributed by atoms with Crippen molar-refractivity contribution in [2.75, 3.05) is 0 Å². The van der Waals surface area contributed by atoms with Crippen molar-refractivity contribution in [2.24, 2.45) is 5.73 Å². The second kappa shape index (κ2) is 4.94. The molecule has 0 bridgehead atoms. The number of aromatic hydroxyl groups is 1. The number of nitrogens with two attached hydrogens (primary N) is 1. The summed E-state index contributed by atoms with van der Waals surface area (Å²) in [5, 5.41) is 17.9. The van der Waals surface area contributed by atoms with E-state index in [1.54, 1.807) is 0 Å². The molecule has 0 amide bonds. The Kier molecular flexibility index (Phi) is 3.84. The van der Waals surface area contributed by atoms with Gasteiger partial charge >= 0.3 is 5.97 Å². The van der Waals surface area contributed by atoms with Gasteiger partial charge in [-0.1, -0.05) is 0 Å². The maximum absolute atomic E-state index is 13.3. The van der Waals surface area contributed by atoms with Gasteiger partial charge in [0.05, 0.1) is 0 Å². The molecule has 5 heteroatoms. The molecule has 16 heavy (non-hydrogen) atoms. The van der Waals surface area contributed by atoms with Crippen molar-refractivity contribution in [3.05, 3.63) is 29.1 Å². The first kappa shape index (κ1) is 12.4. The van der Waals surface area contributed by atoms with Crippen LogP contribution in [0.25, 0.3) is 0 Å². The number of carboxylic acid groups (broad SMARTS) is 1. The fourth-order valence-electron chi connectivity index (χ4n) is 1.34. The number of phenols is 1. The molecule has 0 aliphatic heterocycles. The zero-order valence-corrected chi connectivity index (χ0v) is 8.90. The first-order valence-corrected chi connectivity index (χ1v) is 4.88. The Labute approximate surface area is 92.5 Å². The summed E-state index contributed by atoms with van der Waals surface area (Å²) in [7, 11) is 0. The normalized spacial score (nSPS) is 12.4. The third-order valence-electron chi connectivity index (χ3n) is 2.44. The highest BCUT2D eigenvalue weighted by Crippen LogP contribution is 2.26. The average molecular weight is 227 g/mol. The minimum Gasteiger partial charge on any atom is -0.508 e. The van der Waals surface area contributed by atoms with E-state index in [1.165, 1.54) is 19.1 Å². The zero-order valence-electron chi connectivity index (χ0n) is 8.90. The van der Waals surface area contributed by atoms with Crippen LogP contribution in [-0.2, 0) is 4.79 Å². The number of halogens is 1. The van der Waals surface area contributed by atoms with Crippen molar-refractivity contribution < 1.29 is 19.4 Å². The van der Waals surface area contributed by atoms with Crippen molar-refractivity contribution >= 4 is 5.97 Å². The Hall–Kier alpha value is -1.62. The Morgan fingerprint density at radius 2 is 2.19 bits per heavy atom. The van der Waals surface area contributed by atoms with Crippen molar-refractivity contribution in [3.63, 3.8) is 0 Å². The molecule has 1 atom stereocenters. The highest BCUT2D eigenvalue weighted by atomic mass is 19.1. The molecule has 0 aliphatic carbocycles. The maximum Gasteiger partial charge on any atom is 0.303 e. The molecular weight excluding hydrogens is 213 g/mol. The molecule has 1 unspecified atom stereocenters. The van der Waals surface area contributed by atoms with Gasteiger partial charge in [0.2, 0.25) is 0 Å². The topological polar surface area (TPSA) is 83.5 Å². The molecule has 0 heterocycles. The Morgan fingerprint density at radius 3 is 2.69 bits per heavy atom. The summed E-state index contributed by atoms with van der Waals surface area (Å²) in [5.41, 5.74) is 6.26. The average Bonchev–Trinajstić information content (AvgIpc) is 2.21. The van der Waals surface area contributed by atoms with Crippen molar-refractivity contribution in [1.82, 2.24) is 0 Å². The van der Waals surface area contributed by atoms with Crippen LogP contribution >= 0.6 is 0 Å². The van der Waals surface area contributed by atoms with Crippen LogP contribution in [0, 0.1) is 12.7 Å². The lowest BCUT2D eigenvalue weighted by Gasteiger charge is -2.12. The van der Waals surface area contributed by atoms with E-state index in [-0.39, 0.29) is 24.2 Å². The highest BCUT2D eigenvalue weighted by Gasteiger charge is 2.13. The predicted octanol–water partition coefficient (Wildman–Crippen LogP) is 1.70. The number of carboxylic acids is 1. The van der Waals surface area contributed by atoms with Gasteiger partial charge in [0, 0.05) is 18.0 Å². The monoisotopic (exact) mass is 227 g/mol. The van der Waals surface area contributed by atoms with Crippen LogP contribution in [0.2, 0.25) is 0 Å². The Morgan fingerprint density at radius 1 is 1.56 bits per heavy atom. The molecule has 1 aromatic rings. The summed E-state index contributed by atoms with van der Waals surface area (Å²) in [6.07, 6.45) is 0.120. The molecular formula is C11H14FNO3. The van der Waals surface area contributed by atoms with Crippen molar-refractivity contribution in [3.8, 4) is 5.75 Å². The summed E-state index contributed by atoms with van der Waals surface area (Å²) in [6.45, 7) is 1.46. The SMILES string of the molecule is Cc1c(O)cc(C(N)CCC(=O)O)cc1F. The standard InChI is InChI=1S/C11H14FNO3/c1-6-8(12)4-7(5-10(6)14)9(13)2-3-11(15)16/h4-5,9,14H,2-3,13H2,1H3,(H,15,16). The molecule has 0 saturated heterocycles. The van der Waals surface area contributed by atoms with E-state index in [1.807, 2.05) is 0 Å². The molecule has 1 rings (SSSR count). The van der Waals surface area contributed by atoms with Gasteiger partial charge in [0.1, 0.15) is 11.6 Å². The molecule has 0 spiro atoms. The van der Waals surface area contributed by atoms with Crippen LogP contribution in [0.4, 0.5) is 4.39 Å². The number of carbonyl (C=O) groups is 1. The second-order valence-electron chi connectivity index (χ2n) is 3.69. The van der Waals surface area contributed by atoms with Crippen LogP contribution < -0.4 is 5.73 Å². The van der Waals surface area contributed by atoms with E-state index in [4.69, 9.17) is 10.8 Å². The maximum atomic E-state index is 13.3. The van der Waals surface area contributed by atoms with E-state index >= 15 is 0 Å². The number of hydrogen-bond acceptors (Lipinski definition) is 3. The van der Waals surface area contributed by atoms with Gasteiger partial charge in [-0.2, -0.15) is 0 Å². The molecule has 0 radical (unpaired) electrons. The fourth-order valence-corrected chi connectivity index (χ4v) is 1.34. The van der Waals surface area contributed by atoms with E-state index in [2.05, 4.69) is 0 Å². The van der Waals surface area contributed by atoms with Gasteiger partial charge < -0.3 is 15.9 Å². The van der Waals surface area contributed by atoms with Crippen LogP contribution in [0.3, 0.4) is 0 Å². The summed E-state index contributed by atoms with van der Waals surface area (Å²) >= 11 is 0. The summed E-state index contributed by atoms with van der Waals surface area (Å²) < 4.78 is 13.3. The van der Waals surface area contributed by atoms with Crippen molar-refractivity contribution in [2.45, 2.75) is 25.8 Å². The minimum atomic E-state index is -0.952. The van der Waals surface area contributed by atoms with Crippen LogP contribution in [0.5, 0.6) is 5.75 Å². The molecule has 0 aliphatic rings. The van der Waals surface area contributed by atoms with E-state index in [0.29, 0.717) is 5.56 Å². The van der Waals surface area contributed by atoms with Gasteiger partial charge in [0.15, 0.2) is 0 Å². The lowest BCUT2D eigenvalue weighted by Crippen LogP contribution is -2.12. The second-order valence-corrected chi connectivity index (χ2v) is 3.69. The summed E-state index contributed by atoms with van der Waals surface area (Å²) in [4.78, 5) is 10.3. The molecule has 88 valence electrons. The first-order valence-electron chi connectivity index (χ1n) is 4.88. The minimum absolute atomic E-state index is 0.0859. The quantitative estimate of drug-likeness (QED) is 0.731. The summed E-state index contributed by atoms with van der Waals surface area (Å²) in [6, 6.07) is 2.00. The predicted molar refractivity (Wildman–Crippen MR) is 56.6 cm³/mol. The number of aliphatic carboxylic acids is 1. The Balaban J connectivity index is 2.84. The van der Waals surface area contributed by atoms with Gasteiger partial charge in [-0.25, -0.2) is 4.39 Å². The lowest BCUT2D eigenvalue weighted by atomic mass is 10.0. The lowest BCUT2D eigenvalue weighted by molar-refractivity contribution is -0.137. The van der Waals surface area contributed by atoms with E-state index < -0.39 is 17.8 Å². The van der Waals surface area contributed by atoms with Crippen LogP contribution in [0.15, 0.2) is 12.1 Å². The highest BCUT2D eigenvalue weighted by molar-refractivity contribution is 5.66. The molecule has 1 aromatic carbocycles. The van der Waals surface area contributed by atoms with Crippen LogP contribution in [0.1, 0.15) is 30.0 Å². The number of rotatable bonds is 4. The van der Waals surface area contributed by atoms with E-state index in [9.17, 15) is 14.3 Å². The van der Waals surface area contributed by atoms with Gasteiger partial charge in [-0.15, -0.1) is 0 Å². The molecule has 4 N–H and O–H groups in total. The third-order valence-corrected chi connectivity index (χ3v) is 2.44. The van der Waals surface area contributed by atoms with Gasteiger partial charge in [-0.05, 0) is 31.0 Å². The fraction of sp³-hybridized carbons (Fsp3) is 0.364. The van der Waals surface area contributed by atoms with Gasteiger partial charge in [-0.3, -0.25) is 4.79 Å². The number of benzene rings is 1. The largest absolute Gasteiger partial charge is 0.508 e. The molecule has 0 fully saturated rings. The molecule has 0 aromatic heterocycles. The van der Waals surface area contributed by atoms with Crippen molar-refractivity contribution in [1.29, 1.82) is 0 Å². The first-order chi connectivity index (χ1) is 7.41. The van der Waals surface area contributed by atoms with E-state index in [0.717, 1.165) is 0 Å². The number of phenolic OH excluding ortho intramolecular Hbond substituents is 1. The number of hydrogen-bond donors (Lipinski definition) is 3. The molecule has 4 nitrogen and oxygen atoms in total. The van der Waals surface area contributed by atoms with Gasteiger partial charge in [0.25, 0.3) is 0 Å². The summed E-state index contributed by atoms with van der Waals surface area (Å²) in [5.74, 6) is -1.66. The zero-order chi connectivity index (χ0) is 12.3. The smallest absolute Gasteiger partial charge is 0.303 e. The van der Waals surface area contributed by atoms with Crippen LogP contribution in [-0.4, -0.2) is 16.2 Å². The Bertz CT molecular complexity index is 383. The molecule has 0 saturated carbocycles. The third kappa shape index (κ3) is 2.93.